The van der Waals surface area contributed by atoms with Crippen LogP contribution >= 0.6 is 0 Å². The predicted octanol–water partition coefficient (Wildman–Crippen LogP) is 3.10. The summed E-state index contributed by atoms with van der Waals surface area (Å²) in [5.74, 6) is 1.77. The molecule has 0 unspecified atom stereocenters. The second kappa shape index (κ2) is 9.56. The smallest absolute Gasteiger partial charge is 0.317 e. The summed E-state index contributed by atoms with van der Waals surface area (Å²) in [5.41, 5.74) is 2.08. The van der Waals surface area contributed by atoms with Gasteiger partial charge in [0.2, 0.25) is 5.75 Å². The first kappa shape index (κ1) is 19.4. The van der Waals surface area contributed by atoms with Crippen molar-refractivity contribution in [2.45, 2.75) is 13.0 Å². The van der Waals surface area contributed by atoms with Crippen LogP contribution in [-0.4, -0.2) is 45.9 Å². The number of nitrogens with zero attached hydrogens (tertiary/aromatic N) is 1. The lowest BCUT2D eigenvalue weighted by molar-refractivity contribution is 0.207. The van der Waals surface area contributed by atoms with Crippen molar-refractivity contribution < 1.29 is 19.0 Å². The molecule has 2 aromatic carbocycles. The third-order valence-corrected chi connectivity index (χ3v) is 4.02. The van der Waals surface area contributed by atoms with Crippen molar-refractivity contribution in [3.63, 3.8) is 0 Å². The van der Waals surface area contributed by atoms with E-state index >= 15 is 0 Å². The second-order valence-electron chi connectivity index (χ2n) is 5.86. The van der Waals surface area contributed by atoms with Gasteiger partial charge in [-0.15, -0.1) is 0 Å². The molecule has 0 aromatic heterocycles. The molecule has 0 radical (unpaired) electrons. The number of hydrogen-bond acceptors (Lipinski definition) is 4. The molecule has 0 saturated heterocycles. The number of benzene rings is 2. The van der Waals surface area contributed by atoms with Crippen LogP contribution < -0.4 is 19.5 Å². The van der Waals surface area contributed by atoms with Gasteiger partial charge in [0.1, 0.15) is 0 Å². The van der Waals surface area contributed by atoms with Gasteiger partial charge in [-0.1, -0.05) is 30.3 Å². The summed E-state index contributed by atoms with van der Waals surface area (Å²) in [4.78, 5) is 13.9. The SMILES string of the molecule is COc1cc(CCNC(=O)N(C)Cc2ccccc2)cc(OC)c1OC. The van der Waals surface area contributed by atoms with E-state index in [4.69, 9.17) is 14.2 Å². The van der Waals surface area contributed by atoms with Gasteiger partial charge in [-0.25, -0.2) is 4.79 Å². The first-order valence-electron chi connectivity index (χ1n) is 8.40. The van der Waals surface area contributed by atoms with Crippen LogP contribution in [0.3, 0.4) is 0 Å². The summed E-state index contributed by atoms with van der Waals surface area (Å²) in [6.45, 7) is 1.08. The molecule has 0 spiro atoms. The van der Waals surface area contributed by atoms with E-state index in [0.717, 1.165) is 11.1 Å². The molecular weight excluding hydrogens is 332 g/mol. The predicted molar refractivity (Wildman–Crippen MR) is 101 cm³/mol. The zero-order valence-electron chi connectivity index (χ0n) is 15.7. The lowest BCUT2D eigenvalue weighted by Crippen LogP contribution is -2.37. The molecule has 0 atom stereocenters. The zero-order chi connectivity index (χ0) is 18.9. The lowest BCUT2D eigenvalue weighted by Gasteiger charge is -2.18. The lowest BCUT2D eigenvalue weighted by atomic mass is 10.1. The highest BCUT2D eigenvalue weighted by Gasteiger charge is 2.14. The number of methoxy groups -OCH3 is 3. The molecule has 0 bridgehead atoms. The van der Waals surface area contributed by atoms with E-state index < -0.39 is 0 Å². The third kappa shape index (κ3) is 5.05. The van der Waals surface area contributed by atoms with Crippen molar-refractivity contribution >= 4 is 6.03 Å². The molecule has 2 aromatic rings. The van der Waals surface area contributed by atoms with Gasteiger partial charge in [0.25, 0.3) is 0 Å². The molecule has 0 aliphatic rings. The fourth-order valence-electron chi connectivity index (χ4n) is 2.66. The van der Waals surface area contributed by atoms with Crippen LogP contribution in [0, 0.1) is 0 Å². The zero-order valence-corrected chi connectivity index (χ0v) is 15.7. The summed E-state index contributed by atoms with van der Waals surface area (Å²) < 4.78 is 16.0. The molecule has 6 heteroatoms. The molecule has 0 saturated carbocycles. The van der Waals surface area contributed by atoms with E-state index in [-0.39, 0.29) is 6.03 Å². The molecule has 6 nitrogen and oxygen atoms in total. The highest BCUT2D eigenvalue weighted by molar-refractivity contribution is 5.73. The van der Waals surface area contributed by atoms with Crippen molar-refractivity contribution in [1.82, 2.24) is 10.2 Å². The van der Waals surface area contributed by atoms with Crippen LogP contribution in [0.1, 0.15) is 11.1 Å². The molecular formula is C20H26N2O4. The maximum Gasteiger partial charge on any atom is 0.317 e. The number of ether oxygens (including phenoxy) is 3. The van der Waals surface area contributed by atoms with E-state index in [2.05, 4.69) is 5.32 Å². The molecule has 2 amide bonds. The van der Waals surface area contributed by atoms with Crippen LogP contribution in [0.15, 0.2) is 42.5 Å². The Hall–Kier alpha value is -2.89. The first-order valence-corrected chi connectivity index (χ1v) is 8.40. The Bertz CT molecular complexity index is 694. The van der Waals surface area contributed by atoms with Gasteiger partial charge < -0.3 is 24.4 Å². The average molecular weight is 358 g/mol. The fourth-order valence-corrected chi connectivity index (χ4v) is 2.66. The van der Waals surface area contributed by atoms with E-state index in [9.17, 15) is 4.79 Å². The standard InChI is InChI=1S/C20H26N2O4/c1-22(14-15-8-6-5-7-9-15)20(23)21-11-10-16-12-17(24-2)19(26-4)18(13-16)25-3/h5-9,12-13H,10-11,14H2,1-4H3,(H,21,23). The molecule has 0 aliphatic heterocycles. The Morgan fingerprint density at radius 3 is 2.12 bits per heavy atom. The Kier molecular flexibility index (Phi) is 7.14. The van der Waals surface area contributed by atoms with Crippen molar-refractivity contribution in [1.29, 1.82) is 0 Å². The van der Waals surface area contributed by atoms with Gasteiger partial charge in [-0.05, 0) is 29.7 Å². The number of hydrogen-bond donors (Lipinski definition) is 1. The molecule has 2 rings (SSSR count). The molecule has 26 heavy (non-hydrogen) atoms. The highest BCUT2D eigenvalue weighted by atomic mass is 16.5. The Balaban J connectivity index is 1.91. The van der Waals surface area contributed by atoms with Crippen molar-refractivity contribution in [3.8, 4) is 17.2 Å². The summed E-state index contributed by atoms with van der Waals surface area (Å²) in [5, 5.41) is 2.93. The number of nitrogens with one attached hydrogen (secondary N) is 1. The van der Waals surface area contributed by atoms with E-state index in [1.165, 1.54) is 0 Å². The summed E-state index contributed by atoms with van der Waals surface area (Å²) >= 11 is 0. The number of carbonyl (C=O) groups is 1. The number of carbonyl (C=O) groups excluding carboxylic acids is 1. The van der Waals surface area contributed by atoms with Gasteiger partial charge in [0, 0.05) is 20.1 Å². The minimum absolute atomic E-state index is 0.110. The van der Waals surface area contributed by atoms with E-state index in [1.54, 1.807) is 33.3 Å². The van der Waals surface area contributed by atoms with Gasteiger partial charge in [0.15, 0.2) is 11.5 Å². The van der Waals surface area contributed by atoms with Crippen LogP contribution in [0.5, 0.6) is 17.2 Å². The van der Waals surface area contributed by atoms with Crippen LogP contribution in [0.2, 0.25) is 0 Å². The topological polar surface area (TPSA) is 60.0 Å². The number of amides is 2. The van der Waals surface area contributed by atoms with Crippen molar-refractivity contribution in [2.24, 2.45) is 0 Å². The Morgan fingerprint density at radius 2 is 1.58 bits per heavy atom. The van der Waals surface area contributed by atoms with Crippen LogP contribution in [-0.2, 0) is 13.0 Å². The molecule has 0 fully saturated rings. The second-order valence-corrected chi connectivity index (χ2v) is 5.86. The molecule has 1 N–H and O–H groups in total. The van der Waals surface area contributed by atoms with E-state index in [1.807, 2.05) is 42.5 Å². The summed E-state index contributed by atoms with van der Waals surface area (Å²) in [6, 6.07) is 13.6. The Morgan fingerprint density at radius 1 is 0.962 bits per heavy atom. The highest BCUT2D eigenvalue weighted by Crippen LogP contribution is 2.38. The van der Waals surface area contributed by atoms with E-state index in [0.29, 0.717) is 36.8 Å². The van der Waals surface area contributed by atoms with Gasteiger partial charge in [-0.3, -0.25) is 0 Å². The maximum absolute atomic E-state index is 12.2. The molecule has 0 aliphatic carbocycles. The van der Waals surface area contributed by atoms with Gasteiger partial charge >= 0.3 is 6.03 Å². The minimum atomic E-state index is -0.110. The first-order chi connectivity index (χ1) is 12.6. The van der Waals surface area contributed by atoms with Gasteiger partial charge in [0.05, 0.1) is 21.3 Å². The molecule has 0 heterocycles. The van der Waals surface area contributed by atoms with Crippen LogP contribution in [0.25, 0.3) is 0 Å². The number of urea groups is 1. The summed E-state index contributed by atoms with van der Waals surface area (Å²) in [6.07, 6.45) is 0.654. The monoisotopic (exact) mass is 358 g/mol. The average Bonchev–Trinajstić information content (AvgIpc) is 2.67. The normalized spacial score (nSPS) is 10.2. The Labute approximate surface area is 154 Å². The molecule has 140 valence electrons. The van der Waals surface area contributed by atoms with Crippen molar-refractivity contribution in [2.75, 3.05) is 34.9 Å². The third-order valence-electron chi connectivity index (χ3n) is 4.02. The largest absolute Gasteiger partial charge is 0.493 e. The van der Waals surface area contributed by atoms with Crippen molar-refractivity contribution in [3.05, 3.63) is 53.6 Å². The van der Waals surface area contributed by atoms with Crippen LogP contribution in [0.4, 0.5) is 4.79 Å². The maximum atomic E-state index is 12.2. The summed E-state index contributed by atoms with van der Waals surface area (Å²) in [7, 11) is 6.52. The fraction of sp³-hybridized carbons (Fsp3) is 0.350. The minimum Gasteiger partial charge on any atom is -0.493 e. The quantitative estimate of drug-likeness (QED) is 0.788. The number of rotatable bonds is 8. The van der Waals surface area contributed by atoms with Gasteiger partial charge in [-0.2, -0.15) is 0 Å².